The number of nitrogens with zero attached hydrogens (tertiary/aromatic N) is 5. The van der Waals surface area contributed by atoms with Crippen LogP contribution in [0.25, 0.3) is 10.4 Å². The molecule has 2 heterocycles. The molecule has 7 heteroatoms. The Morgan fingerprint density at radius 1 is 1.54 bits per heavy atom. The first-order valence-corrected chi connectivity index (χ1v) is 3.95. The Kier molecular flexibility index (Phi) is 1.60. The van der Waals surface area contributed by atoms with E-state index in [0.717, 1.165) is 6.42 Å². The third kappa shape index (κ3) is 0.940. The van der Waals surface area contributed by atoms with Crippen molar-refractivity contribution in [2.75, 3.05) is 6.54 Å². The Hall–Kier alpha value is -1.75. The number of amides is 3. The Balaban J connectivity index is 2.31. The average molecular weight is 181 g/mol. The summed E-state index contributed by atoms with van der Waals surface area (Å²) in [5.41, 5.74) is 8.12. The Labute approximate surface area is 73.5 Å². The van der Waals surface area contributed by atoms with Crippen LogP contribution in [0.1, 0.15) is 12.8 Å². The third-order valence-electron chi connectivity index (χ3n) is 2.30. The van der Waals surface area contributed by atoms with Gasteiger partial charge < -0.3 is 0 Å². The minimum atomic E-state index is -0.495. The highest BCUT2D eigenvalue weighted by atomic mass is 16.2. The molecule has 2 aliphatic heterocycles. The van der Waals surface area contributed by atoms with Gasteiger partial charge in [-0.05, 0) is 18.1 Å². The first kappa shape index (κ1) is 7.88. The van der Waals surface area contributed by atoms with Crippen LogP contribution in [0.3, 0.4) is 0 Å². The van der Waals surface area contributed by atoms with E-state index in [0.29, 0.717) is 18.0 Å². The first-order valence-electron chi connectivity index (χ1n) is 3.95. The van der Waals surface area contributed by atoms with Crippen molar-refractivity contribution in [2.45, 2.75) is 18.9 Å². The number of carbonyl (C=O) groups is 2. The molecule has 3 amide bonds. The number of hydrogen-bond acceptors (Lipinski definition) is 3. The number of fused-ring (bicyclic) bond motifs is 1. The van der Waals surface area contributed by atoms with Gasteiger partial charge in [0.25, 0.3) is 0 Å². The molecule has 0 spiro atoms. The second-order valence-electron chi connectivity index (χ2n) is 2.96. The first-order chi connectivity index (χ1) is 6.25. The van der Waals surface area contributed by atoms with Gasteiger partial charge in [-0.3, -0.25) is 4.90 Å². The molecule has 7 nitrogen and oxygen atoms in total. The van der Waals surface area contributed by atoms with Gasteiger partial charge in [0.15, 0.2) is 0 Å². The standard InChI is InChI=1S/C6H7N5O2/c7-8-9-11-5(12)4-2-1-3-10(4)6(11)13/h4H,1-3H2. The molecule has 0 aliphatic carbocycles. The monoisotopic (exact) mass is 181 g/mol. The molecule has 68 valence electrons. The van der Waals surface area contributed by atoms with Crippen molar-refractivity contribution in [1.82, 2.24) is 9.91 Å². The molecule has 0 saturated carbocycles. The third-order valence-corrected chi connectivity index (χ3v) is 2.30. The van der Waals surface area contributed by atoms with Crippen molar-refractivity contribution in [3.05, 3.63) is 10.4 Å². The van der Waals surface area contributed by atoms with Gasteiger partial charge in [-0.25, -0.2) is 9.59 Å². The lowest BCUT2D eigenvalue weighted by molar-refractivity contribution is -0.128. The fourth-order valence-corrected chi connectivity index (χ4v) is 1.73. The SMILES string of the molecule is [N-]=[N+]=NN1C(=O)C2CCCN2C1=O. The number of azide groups is 1. The molecule has 13 heavy (non-hydrogen) atoms. The largest absolute Gasteiger partial charge is 0.423 e. The molecule has 2 saturated heterocycles. The molecular formula is C6H7N5O2. The molecule has 1 atom stereocenters. The van der Waals surface area contributed by atoms with Crippen molar-refractivity contribution < 1.29 is 9.59 Å². The smallest absolute Gasteiger partial charge is 0.289 e. The lowest BCUT2D eigenvalue weighted by Gasteiger charge is -2.06. The molecule has 2 aliphatic rings. The minimum Gasteiger partial charge on any atom is -0.289 e. The molecule has 0 aromatic carbocycles. The number of imide groups is 1. The van der Waals surface area contributed by atoms with E-state index in [1.54, 1.807) is 0 Å². The summed E-state index contributed by atoms with van der Waals surface area (Å²) >= 11 is 0. The van der Waals surface area contributed by atoms with Crippen molar-refractivity contribution in [1.29, 1.82) is 0 Å². The normalized spacial score (nSPS) is 26.3. The number of urea groups is 1. The van der Waals surface area contributed by atoms with Crippen molar-refractivity contribution in [3.63, 3.8) is 0 Å². The highest BCUT2D eigenvalue weighted by molar-refractivity contribution is 6.04. The fraction of sp³-hybridized carbons (Fsp3) is 0.667. The van der Waals surface area contributed by atoms with Crippen molar-refractivity contribution in [2.24, 2.45) is 5.22 Å². The van der Waals surface area contributed by atoms with Gasteiger partial charge >= 0.3 is 11.9 Å². The summed E-state index contributed by atoms with van der Waals surface area (Å²) in [4.78, 5) is 26.6. The Morgan fingerprint density at radius 2 is 2.31 bits per heavy atom. The molecule has 1 unspecified atom stereocenters. The summed E-state index contributed by atoms with van der Waals surface area (Å²) in [5, 5.41) is 3.64. The average Bonchev–Trinajstić information content (AvgIpc) is 2.66. The minimum absolute atomic E-state index is 0.391. The van der Waals surface area contributed by atoms with Crippen molar-refractivity contribution >= 4 is 11.9 Å². The van der Waals surface area contributed by atoms with Crippen LogP contribution < -0.4 is 0 Å². The summed E-state index contributed by atoms with van der Waals surface area (Å²) < 4.78 is 0. The van der Waals surface area contributed by atoms with Crippen LogP contribution in [-0.2, 0) is 4.79 Å². The highest BCUT2D eigenvalue weighted by Crippen LogP contribution is 2.27. The number of carbonyl (C=O) groups excluding carboxylic acids is 2. The zero-order valence-electron chi connectivity index (χ0n) is 6.75. The lowest BCUT2D eigenvalue weighted by Crippen LogP contribution is -2.29. The Bertz CT molecular complexity index is 299. The van der Waals surface area contributed by atoms with Crippen LogP contribution in [0.4, 0.5) is 4.79 Å². The lowest BCUT2D eigenvalue weighted by atomic mass is 10.2. The van der Waals surface area contributed by atoms with Gasteiger partial charge in [0, 0.05) is 6.54 Å². The van der Waals surface area contributed by atoms with E-state index in [9.17, 15) is 9.59 Å². The van der Waals surface area contributed by atoms with Crippen molar-refractivity contribution in [3.8, 4) is 0 Å². The summed E-state index contributed by atoms with van der Waals surface area (Å²) in [7, 11) is 0. The second-order valence-corrected chi connectivity index (χ2v) is 2.96. The van der Waals surface area contributed by atoms with E-state index in [-0.39, 0.29) is 0 Å². The Morgan fingerprint density at radius 3 is 2.92 bits per heavy atom. The zero-order chi connectivity index (χ0) is 9.42. The van der Waals surface area contributed by atoms with Crippen LogP contribution in [0.2, 0.25) is 0 Å². The fourth-order valence-electron chi connectivity index (χ4n) is 1.73. The van der Waals surface area contributed by atoms with E-state index in [1.165, 1.54) is 4.90 Å². The van der Waals surface area contributed by atoms with Crippen LogP contribution in [0.5, 0.6) is 0 Å². The number of hydrogen-bond donors (Lipinski definition) is 0. The summed E-state index contributed by atoms with van der Waals surface area (Å²) in [6.45, 7) is 0.576. The molecule has 2 rings (SSSR count). The van der Waals surface area contributed by atoms with Crippen LogP contribution in [0.15, 0.2) is 5.22 Å². The van der Waals surface area contributed by atoms with Crippen LogP contribution in [-0.4, -0.2) is 34.4 Å². The topological polar surface area (TPSA) is 89.4 Å². The van der Waals surface area contributed by atoms with E-state index < -0.39 is 18.0 Å². The molecule has 0 N–H and O–H groups in total. The molecule has 0 aromatic heterocycles. The molecular weight excluding hydrogens is 174 g/mol. The van der Waals surface area contributed by atoms with E-state index >= 15 is 0 Å². The molecule has 2 fully saturated rings. The van der Waals surface area contributed by atoms with Gasteiger partial charge in [-0.2, -0.15) is 4.91 Å². The summed E-state index contributed by atoms with van der Waals surface area (Å²) in [6, 6.07) is -0.886. The molecule has 0 bridgehead atoms. The maximum absolute atomic E-state index is 11.4. The highest BCUT2D eigenvalue weighted by Gasteiger charge is 2.51. The van der Waals surface area contributed by atoms with Crippen LogP contribution >= 0.6 is 0 Å². The van der Waals surface area contributed by atoms with Gasteiger partial charge in [-0.15, -0.1) is 5.53 Å². The zero-order valence-corrected chi connectivity index (χ0v) is 6.75. The van der Waals surface area contributed by atoms with Crippen LogP contribution in [0, 0.1) is 0 Å². The quantitative estimate of drug-likeness (QED) is 0.257. The van der Waals surface area contributed by atoms with Gasteiger partial charge in [-0.1, -0.05) is 5.01 Å². The second kappa shape index (κ2) is 2.63. The van der Waals surface area contributed by atoms with E-state index in [1.807, 2.05) is 0 Å². The molecule has 0 aromatic rings. The van der Waals surface area contributed by atoms with E-state index in [4.69, 9.17) is 5.53 Å². The summed E-state index contributed by atoms with van der Waals surface area (Å²) in [5.74, 6) is -0.402. The predicted molar refractivity (Wildman–Crippen MR) is 41.1 cm³/mol. The van der Waals surface area contributed by atoms with E-state index in [2.05, 4.69) is 10.1 Å². The van der Waals surface area contributed by atoms with Gasteiger partial charge in [0.2, 0.25) is 0 Å². The van der Waals surface area contributed by atoms with Gasteiger partial charge in [0.1, 0.15) is 6.04 Å². The predicted octanol–water partition coefficient (Wildman–Crippen LogP) is 0.638. The summed E-state index contributed by atoms with van der Waals surface area (Å²) in [6.07, 6.45) is 1.51. The maximum atomic E-state index is 11.4. The van der Waals surface area contributed by atoms with Gasteiger partial charge in [0.05, 0.1) is 0 Å². The molecule has 0 radical (unpaired) electrons. The number of rotatable bonds is 1. The maximum Gasteiger partial charge on any atom is 0.423 e.